The highest BCUT2D eigenvalue weighted by atomic mass is 35.5. The molecular formula is C31H24ClFN4O4S. The third-order valence-electron chi connectivity index (χ3n) is 5.95. The van der Waals surface area contributed by atoms with Gasteiger partial charge in [-0.15, -0.1) is 5.10 Å². The summed E-state index contributed by atoms with van der Waals surface area (Å²) < 4.78 is 24.5. The summed E-state index contributed by atoms with van der Waals surface area (Å²) in [6.07, 6.45) is 4.62. The Morgan fingerprint density at radius 3 is 2.64 bits per heavy atom. The standard InChI is InChI=1S/C31H24ClFN4O4S/c1-20-4-11-25(12-5-20)35-29(38)19-41-27-13-8-23(32)15-22(27)16-28-30(39)37(18-26-3-2-14-40-26)31(42-28)36-34-17-21-6-9-24(33)10-7-21/h2-17H,18-19H2,1H3,(H,35,38)/b28-16-,34-17+,36-31-. The van der Waals surface area contributed by atoms with Crippen molar-refractivity contribution in [3.05, 3.63) is 123 Å². The number of benzene rings is 3. The summed E-state index contributed by atoms with van der Waals surface area (Å²) in [4.78, 5) is 27.8. The van der Waals surface area contributed by atoms with Gasteiger partial charge in [-0.2, -0.15) is 5.10 Å². The van der Waals surface area contributed by atoms with Crippen molar-refractivity contribution in [3.8, 4) is 5.75 Å². The van der Waals surface area contributed by atoms with E-state index in [2.05, 4.69) is 15.5 Å². The molecule has 0 radical (unpaired) electrons. The number of carbonyl (C=O) groups is 2. The van der Waals surface area contributed by atoms with Gasteiger partial charge in [-0.3, -0.25) is 14.5 Å². The van der Waals surface area contributed by atoms with Crippen molar-refractivity contribution >= 4 is 58.3 Å². The van der Waals surface area contributed by atoms with Gasteiger partial charge in [0.2, 0.25) is 0 Å². The van der Waals surface area contributed by atoms with E-state index in [9.17, 15) is 14.0 Å². The maximum atomic E-state index is 13.5. The number of carbonyl (C=O) groups excluding carboxylic acids is 2. The number of thioether (sulfide) groups is 1. The third kappa shape index (κ3) is 7.54. The van der Waals surface area contributed by atoms with Crippen LogP contribution in [0.3, 0.4) is 0 Å². The third-order valence-corrected chi connectivity index (χ3v) is 7.19. The lowest BCUT2D eigenvalue weighted by Crippen LogP contribution is -2.28. The average molecular weight is 603 g/mol. The number of hydrogen-bond acceptors (Lipinski definition) is 7. The molecule has 0 spiro atoms. The summed E-state index contributed by atoms with van der Waals surface area (Å²) in [6.45, 7) is 1.85. The predicted octanol–water partition coefficient (Wildman–Crippen LogP) is 6.90. The van der Waals surface area contributed by atoms with Crippen molar-refractivity contribution in [2.24, 2.45) is 10.2 Å². The van der Waals surface area contributed by atoms with Crippen molar-refractivity contribution < 1.29 is 23.1 Å². The number of halogens is 2. The van der Waals surface area contributed by atoms with Crippen molar-refractivity contribution in [2.75, 3.05) is 11.9 Å². The largest absolute Gasteiger partial charge is 0.483 e. The van der Waals surface area contributed by atoms with Crippen LogP contribution in [0.4, 0.5) is 10.1 Å². The maximum absolute atomic E-state index is 13.5. The molecule has 212 valence electrons. The van der Waals surface area contributed by atoms with E-state index in [4.69, 9.17) is 20.8 Å². The first kappa shape index (κ1) is 28.8. The van der Waals surface area contributed by atoms with E-state index in [0.717, 1.165) is 17.3 Å². The molecule has 1 aliphatic heterocycles. The number of ether oxygens (including phenoxy) is 1. The summed E-state index contributed by atoms with van der Waals surface area (Å²) in [7, 11) is 0. The van der Waals surface area contributed by atoms with Crippen LogP contribution in [-0.4, -0.2) is 34.7 Å². The summed E-state index contributed by atoms with van der Waals surface area (Å²) in [5, 5.41) is 11.9. The number of furan rings is 1. The van der Waals surface area contributed by atoms with Crippen molar-refractivity contribution in [3.63, 3.8) is 0 Å². The average Bonchev–Trinajstić information content (AvgIpc) is 3.59. The Kier molecular flexibility index (Phi) is 9.15. The van der Waals surface area contributed by atoms with Gasteiger partial charge in [0.25, 0.3) is 11.8 Å². The van der Waals surface area contributed by atoms with Gasteiger partial charge in [0.15, 0.2) is 11.8 Å². The minimum atomic E-state index is -0.355. The fraction of sp³-hybridized carbons (Fsp3) is 0.0968. The highest BCUT2D eigenvalue weighted by Crippen LogP contribution is 2.36. The number of hydrogen-bond donors (Lipinski definition) is 1. The lowest BCUT2D eigenvalue weighted by molar-refractivity contribution is -0.122. The monoisotopic (exact) mass is 602 g/mol. The van der Waals surface area contributed by atoms with Crippen LogP contribution >= 0.6 is 23.4 Å². The summed E-state index contributed by atoms with van der Waals surface area (Å²) in [5.41, 5.74) is 2.90. The number of rotatable bonds is 9. The molecule has 0 saturated carbocycles. The molecule has 0 bridgehead atoms. The molecule has 3 aromatic carbocycles. The second kappa shape index (κ2) is 13.3. The lowest BCUT2D eigenvalue weighted by Gasteiger charge is -2.13. The number of anilines is 1. The topological polar surface area (TPSA) is 96.5 Å². The van der Waals surface area contributed by atoms with Gasteiger partial charge < -0.3 is 14.5 Å². The smallest absolute Gasteiger partial charge is 0.267 e. The number of nitrogens with zero attached hydrogens (tertiary/aromatic N) is 3. The molecule has 2 amide bonds. The summed E-state index contributed by atoms with van der Waals surface area (Å²) in [6, 6.07) is 21.6. The van der Waals surface area contributed by atoms with Crippen molar-refractivity contribution in [2.45, 2.75) is 13.5 Å². The first-order valence-corrected chi connectivity index (χ1v) is 13.9. The van der Waals surface area contributed by atoms with E-state index >= 15 is 0 Å². The fourth-order valence-corrected chi connectivity index (χ4v) is 4.96. The molecule has 42 heavy (non-hydrogen) atoms. The van der Waals surface area contributed by atoms with E-state index in [-0.39, 0.29) is 30.8 Å². The quantitative estimate of drug-likeness (QED) is 0.128. The molecule has 0 unspecified atom stereocenters. The van der Waals surface area contributed by atoms with Gasteiger partial charge in [0.1, 0.15) is 17.3 Å². The molecule has 1 N–H and O–H groups in total. The Bertz CT molecular complexity index is 1670. The second-order valence-electron chi connectivity index (χ2n) is 9.15. The lowest BCUT2D eigenvalue weighted by atomic mass is 10.2. The van der Waals surface area contributed by atoms with Crippen LogP contribution < -0.4 is 10.1 Å². The zero-order valence-electron chi connectivity index (χ0n) is 22.3. The summed E-state index contributed by atoms with van der Waals surface area (Å²) in [5.74, 6) is -0.0820. The normalized spacial score (nSPS) is 15.2. The van der Waals surface area contributed by atoms with E-state index in [1.54, 1.807) is 48.5 Å². The molecule has 8 nitrogen and oxygen atoms in total. The molecule has 4 aromatic rings. The summed E-state index contributed by atoms with van der Waals surface area (Å²) >= 11 is 7.38. The van der Waals surface area contributed by atoms with Crippen LogP contribution in [0.25, 0.3) is 6.08 Å². The van der Waals surface area contributed by atoms with E-state index < -0.39 is 0 Å². The maximum Gasteiger partial charge on any atom is 0.267 e. The van der Waals surface area contributed by atoms with Gasteiger partial charge in [-0.25, -0.2) is 4.39 Å². The molecule has 0 atom stereocenters. The molecule has 1 saturated heterocycles. The second-order valence-corrected chi connectivity index (χ2v) is 10.6. The Morgan fingerprint density at radius 2 is 1.90 bits per heavy atom. The van der Waals surface area contributed by atoms with Crippen molar-refractivity contribution in [1.82, 2.24) is 4.90 Å². The van der Waals surface area contributed by atoms with Gasteiger partial charge in [0, 0.05) is 16.3 Å². The SMILES string of the molecule is Cc1ccc(NC(=O)COc2ccc(Cl)cc2/C=C2\S/C(=N\N=C\c3ccc(F)cc3)N(Cc3ccco3)C2=O)cc1. The van der Waals surface area contributed by atoms with Crippen LogP contribution in [0.5, 0.6) is 5.75 Å². The Labute approximate surface area is 250 Å². The number of amides is 2. The highest BCUT2D eigenvalue weighted by molar-refractivity contribution is 8.18. The Balaban J connectivity index is 1.36. The van der Waals surface area contributed by atoms with E-state index in [1.807, 2.05) is 31.2 Å². The van der Waals surface area contributed by atoms with Gasteiger partial charge in [-0.1, -0.05) is 41.4 Å². The first-order chi connectivity index (χ1) is 20.3. The van der Waals surface area contributed by atoms with Crippen LogP contribution in [0.15, 0.2) is 105 Å². The van der Waals surface area contributed by atoms with E-state index in [0.29, 0.717) is 43.4 Å². The Morgan fingerprint density at radius 1 is 1.12 bits per heavy atom. The number of amidine groups is 1. The molecule has 1 aliphatic rings. The van der Waals surface area contributed by atoms with Gasteiger partial charge >= 0.3 is 0 Å². The molecule has 1 aromatic heterocycles. The zero-order valence-corrected chi connectivity index (χ0v) is 23.9. The fourth-order valence-electron chi connectivity index (χ4n) is 3.86. The van der Waals surface area contributed by atoms with Crippen LogP contribution in [0, 0.1) is 12.7 Å². The van der Waals surface area contributed by atoms with E-state index in [1.165, 1.54) is 29.5 Å². The van der Waals surface area contributed by atoms with Gasteiger partial charge in [0.05, 0.1) is 23.9 Å². The molecule has 5 rings (SSSR count). The van der Waals surface area contributed by atoms with Crippen LogP contribution in [-0.2, 0) is 16.1 Å². The van der Waals surface area contributed by atoms with Crippen LogP contribution in [0.2, 0.25) is 5.02 Å². The van der Waals surface area contributed by atoms with Crippen molar-refractivity contribution in [1.29, 1.82) is 0 Å². The molecule has 11 heteroatoms. The zero-order chi connectivity index (χ0) is 29.5. The minimum absolute atomic E-state index is 0.138. The molecule has 2 heterocycles. The predicted molar refractivity (Wildman–Crippen MR) is 163 cm³/mol. The van der Waals surface area contributed by atoms with Gasteiger partial charge in [-0.05, 0) is 84.9 Å². The molecular weight excluding hydrogens is 579 g/mol. The molecule has 0 aliphatic carbocycles. The Hall–Kier alpha value is -4.67. The minimum Gasteiger partial charge on any atom is -0.483 e. The first-order valence-electron chi connectivity index (χ1n) is 12.7. The van der Waals surface area contributed by atoms with Crippen LogP contribution in [0.1, 0.15) is 22.5 Å². The highest BCUT2D eigenvalue weighted by Gasteiger charge is 2.34. The number of aryl methyl sites for hydroxylation is 1. The number of nitrogens with one attached hydrogen (secondary N) is 1. The molecule has 1 fully saturated rings.